The van der Waals surface area contributed by atoms with Crippen molar-refractivity contribution in [2.24, 2.45) is 11.8 Å². The summed E-state index contributed by atoms with van der Waals surface area (Å²) in [6.45, 7) is 3.07. The molecule has 0 radical (unpaired) electrons. The van der Waals surface area contributed by atoms with E-state index in [1.165, 1.54) is 18.5 Å². The molecule has 1 aromatic rings. The molecule has 1 aliphatic carbocycles. The molecule has 4 fully saturated rings. The first-order chi connectivity index (χ1) is 14.7. The number of fused-ring (bicyclic) bond motifs is 1. The zero-order chi connectivity index (χ0) is 22.2. The fourth-order valence-electron chi connectivity index (χ4n) is 4.32. The Hall–Kier alpha value is -1.72. The van der Waals surface area contributed by atoms with Crippen LogP contribution in [0.15, 0.2) is 5.38 Å². The molecule has 1 amide bonds. The van der Waals surface area contributed by atoms with E-state index in [1.807, 2.05) is 4.90 Å². The molecule has 4 heterocycles. The highest BCUT2D eigenvalue weighted by atomic mass is 32.1. The van der Waals surface area contributed by atoms with Gasteiger partial charge in [-0.3, -0.25) is 4.79 Å². The molecule has 31 heavy (non-hydrogen) atoms. The summed E-state index contributed by atoms with van der Waals surface area (Å²) >= 11 is 1.75. The maximum atomic E-state index is 12.7. The summed E-state index contributed by atoms with van der Waals surface area (Å²) in [5, 5.41) is 10.5. The van der Waals surface area contributed by atoms with Crippen LogP contribution < -0.4 is 0 Å². The van der Waals surface area contributed by atoms with Crippen LogP contribution in [0.25, 0.3) is 0 Å². The maximum absolute atomic E-state index is 12.7. The number of ether oxygens (including phenoxy) is 2. The summed E-state index contributed by atoms with van der Waals surface area (Å²) in [6, 6.07) is 0. The molecule has 1 aromatic heterocycles. The van der Waals surface area contributed by atoms with E-state index in [4.69, 9.17) is 24.4 Å². The predicted molar refractivity (Wildman–Crippen MR) is 104 cm³/mol. The lowest BCUT2D eigenvalue weighted by Crippen LogP contribution is -2.38. The van der Waals surface area contributed by atoms with Gasteiger partial charge in [-0.15, -0.1) is 11.3 Å². The van der Waals surface area contributed by atoms with Gasteiger partial charge in [0.2, 0.25) is 5.91 Å². The number of thiazole rings is 1. The number of likely N-dealkylation sites (tertiary alicyclic amines) is 1. The van der Waals surface area contributed by atoms with Crippen LogP contribution in [0.2, 0.25) is 0 Å². The first kappa shape index (κ1) is 22.5. The van der Waals surface area contributed by atoms with E-state index in [0.717, 1.165) is 50.6 Å². The molecule has 0 spiro atoms. The van der Waals surface area contributed by atoms with Gasteiger partial charge in [0.15, 0.2) is 0 Å². The highest BCUT2D eigenvalue weighted by Gasteiger charge is 2.46. The first-order valence-electron chi connectivity index (χ1n) is 10.5. The second-order valence-corrected chi connectivity index (χ2v) is 9.37. The first-order valence-corrected chi connectivity index (χ1v) is 11.4. The highest BCUT2D eigenvalue weighted by molar-refractivity contribution is 7.09. The molecule has 11 heteroatoms. The van der Waals surface area contributed by atoms with Crippen molar-refractivity contribution >= 4 is 23.2 Å². The number of hydrogen-bond donors (Lipinski definition) is 1. The molecule has 3 aliphatic heterocycles. The zero-order valence-electron chi connectivity index (χ0n) is 16.8. The van der Waals surface area contributed by atoms with Crippen molar-refractivity contribution in [2.75, 3.05) is 26.3 Å². The molecule has 3 atom stereocenters. The largest absolute Gasteiger partial charge is 0.490 e. The van der Waals surface area contributed by atoms with Crippen LogP contribution in [0.1, 0.15) is 54.8 Å². The lowest BCUT2D eigenvalue weighted by molar-refractivity contribution is -0.192. The quantitative estimate of drug-likeness (QED) is 0.741. The van der Waals surface area contributed by atoms with Crippen LogP contribution in [0, 0.1) is 11.8 Å². The van der Waals surface area contributed by atoms with E-state index in [0.29, 0.717) is 17.7 Å². The Morgan fingerprint density at radius 1 is 1.16 bits per heavy atom. The highest BCUT2D eigenvalue weighted by Crippen LogP contribution is 2.45. The van der Waals surface area contributed by atoms with Gasteiger partial charge in [0.05, 0.1) is 11.8 Å². The number of carbonyl (C=O) groups excluding carboxylic acids is 1. The molecule has 0 aromatic carbocycles. The van der Waals surface area contributed by atoms with Crippen LogP contribution in [-0.4, -0.2) is 65.5 Å². The number of carbonyl (C=O) groups is 2. The minimum Gasteiger partial charge on any atom is -0.475 e. The molecule has 4 aliphatic rings. The third-order valence-electron chi connectivity index (χ3n) is 6.17. The van der Waals surface area contributed by atoms with Gasteiger partial charge < -0.3 is 19.5 Å². The number of carboxylic acids is 1. The van der Waals surface area contributed by atoms with Gasteiger partial charge in [0, 0.05) is 49.4 Å². The van der Waals surface area contributed by atoms with Gasteiger partial charge in [-0.1, -0.05) is 0 Å². The van der Waals surface area contributed by atoms with Crippen molar-refractivity contribution in [1.29, 1.82) is 0 Å². The molecule has 7 nitrogen and oxygen atoms in total. The van der Waals surface area contributed by atoms with E-state index >= 15 is 0 Å². The van der Waals surface area contributed by atoms with E-state index in [-0.39, 0.29) is 18.1 Å². The summed E-state index contributed by atoms with van der Waals surface area (Å²) < 4.78 is 43.4. The smallest absolute Gasteiger partial charge is 0.475 e. The Morgan fingerprint density at radius 3 is 2.42 bits per heavy atom. The summed E-state index contributed by atoms with van der Waals surface area (Å²) in [6.07, 6.45) is 0.616. The summed E-state index contributed by atoms with van der Waals surface area (Å²) in [5.74, 6) is -1.09. The standard InChI is InChI=1S/C18H24N2O3S.C2HF3O2/c21-18(12-3-5-22-6-4-12)20-8-13-7-15(23-16(13)9-20)17-19-14(10-24-17)11-1-2-11;3-2(4,5)1(6)7/h10-13,15-16H,1-9H2;(H,6,7)/t13-,15-,16+;/m0./s1. The monoisotopic (exact) mass is 462 g/mol. The number of aliphatic carboxylic acids is 1. The van der Waals surface area contributed by atoms with Crippen LogP contribution in [0.5, 0.6) is 0 Å². The Morgan fingerprint density at radius 2 is 1.84 bits per heavy atom. The van der Waals surface area contributed by atoms with E-state index in [2.05, 4.69) is 5.38 Å². The lowest BCUT2D eigenvalue weighted by Gasteiger charge is -2.27. The SMILES string of the molecule is O=C(C1CCOCC1)N1C[C@@H]2C[C@@H](c3nc(C4CC4)cs3)O[C@@H]2C1.O=C(O)C(F)(F)F. The van der Waals surface area contributed by atoms with Crippen molar-refractivity contribution in [3.63, 3.8) is 0 Å². The molecule has 172 valence electrons. The van der Waals surface area contributed by atoms with Gasteiger partial charge in [-0.25, -0.2) is 9.78 Å². The Bertz CT molecular complexity index is 793. The number of amides is 1. The van der Waals surface area contributed by atoms with Crippen molar-refractivity contribution in [3.8, 4) is 0 Å². The Kier molecular flexibility index (Phi) is 6.55. The fraction of sp³-hybridized carbons (Fsp3) is 0.750. The summed E-state index contributed by atoms with van der Waals surface area (Å²) in [7, 11) is 0. The average molecular weight is 462 g/mol. The number of carboxylic acid groups (broad SMARTS) is 1. The number of halogens is 3. The topological polar surface area (TPSA) is 89.0 Å². The van der Waals surface area contributed by atoms with Gasteiger partial charge in [-0.05, 0) is 32.1 Å². The molecule has 5 rings (SSSR count). The molecule has 0 unspecified atom stereocenters. The summed E-state index contributed by atoms with van der Waals surface area (Å²) in [4.78, 5) is 28.4. The van der Waals surface area contributed by atoms with Crippen LogP contribution >= 0.6 is 11.3 Å². The fourth-order valence-corrected chi connectivity index (χ4v) is 5.27. The van der Waals surface area contributed by atoms with Crippen LogP contribution in [-0.2, 0) is 19.1 Å². The number of aromatic nitrogens is 1. The predicted octanol–water partition coefficient (Wildman–Crippen LogP) is 3.37. The number of rotatable bonds is 3. The van der Waals surface area contributed by atoms with Crippen molar-refractivity contribution in [2.45, 2.75) is 56.4 Å². The number of nitrogens with zero attached hydrogens (tertiary/aromatic N) is 2. The second kappa shape index (κ2) is 9.03. The average Bonchev–Trinajstić information content (AvgIpc) is 3.14. The number of hydrogen-bond acceptors (Lipinski definition) is 6. The van der Waals surface area contributed by atoms with Crippen molar-refractivity contribution in [1.82, 2.24) is 9.88 Å². The molecule has 1 N–H and O–H groups in total. The third-order valence-corrected chi connectivity index (χ3v) is 7.13. The molecule has 3 saturated heterocycles. The normalized spacial score (nSPS) is 28.7. The van der Waals surface area contributed by atoms with Gasteiger partial charge in [-0.2, -0.15) is 13.2 Å². The lowest BCUT2D eigenvalue weighted by atomic mass is 9.98. The Balaban J connectivity index is 0.000000289. The molecular weight excluding hydrogens is 437 g/mol. The Labute approximate surface area is 181 Å². The van der Waals surface area contributed by atoms with Crippen molar-refractivity contribution in [3.05, 3.63) is 16.1 Å². The molecular formula is C20H25F3N2O5S. The minimum absolute atomic E-state index is 0.151. The van der Waals surface area contributed by atoms with Crippen LogP contribution in [0.3, 0.4) is 0 Å². The van der Waals surface area contributed by atoms with Crippen LogP contribution in [0.4, 0.5) is 13.2 Å². The van der Waals surface area contributed by atoms with Crippen molar-refractivity contribution < 1.29 is 37.3 Å². The van der Waals surface area contributed by atoms with Gasteiger partial charge in [0.25, 0.3) is 0 Å². The maximum Gasteiger partial charge on any atom is 0.490 e. The summed E-state index contributed by atoms with van der Waals surface area (Å²) in [5.41, 5.74) is 1.27. The third kappa shape index (κ3) is 5.38. The second-order valence-electron chi connectivity index (χ2n) is 8.48. The molecule has 0 bridgehead atoms. The van der Waals surface area contributed by atoms with E-state index in [9.17, 15) is 18.0 Å². The molecule has 1 saturated carbocycles. The van der Waals surface area contributed by atoms with E-state index in [1.54, 1.807) is 11.3 Å². The zero-order valence-corrected chi connectivity index (χ0v) is 17.7. The number of alkyl halides is 3. The van der Waals surface area contributed by atoms with E-state index < -0.39 is 12.1 Å². The van der Waals surface area contributed by atoms with Gasteiger partial charge in [0.1, 0.15) is 11.1 Å². The van der Waals surface area contributed by atoms with Gasteiger partial charge >= 0.3 is 12.1 Å². The minimum atomic E-state index is -5.08.